The first-order valence-corrected chi connectivity index (χ1v) is 6.03. The van der Waals surface area contributed by atoms with Gasteiger partial charge >= 0.3 is 5.97 Å². The molecule has 1 heterocycles. The molecule has 96 valence electrons. The lowest BCUT2D eigenvalue weighted by atomic mass is 10.2. The SMILES string of the molecule is CCc1ccc(CN(CC(=O)O)CC(C)C)o1. The fraction of sp³-hybridized carbons (Fsp3) is 0.615. The smallest absolute Gasteiger partial charge is 0.317 e. The summed E-state index contributed by atoms with van der Waals surface area (Å²) < 4.78 is 5.59. The van der Waals surface area contributed by atoms with Crippen molar-refractivity contribution in [1.29, 1.82) is 0 Å². The molecule has 1 aromatic rings. The lowest BCUT2D eigenvalue weighted by Gasteiger charge is -2.20. The van der Waals surface area contributed by atoms with Crippen LogP contribution in [0.4, 0.5) is 0 Å². The molecule has 0 amide bonds. The van der Waals surface area contributed by atoms with Crippen molar-refractivity contribution in [2.45, 2.75) is 33.7 Å². The first-order valence-electron chi connectivity index (χ1n) is 6.03. The molecule has 1 aromatic heterocycles. The van der Waals surface area contributed by atoms with Crippen LogP contribution >= 0.6 is 0 Å². The van der Waals surface area contributed by atoms with Gasteiger partial charge in [0.25, 0.3) is 0 Å². The van der Waals surface area contributed by atoms with E-state index in [-0.39, 0.29) is 6.54 Å². The van der Waals surface area contributed by atoms with Gasteiger partial charge in [-0.25, -0.2) is 0 Å². The van der Waals surface area contributed by atoms with Crippen LogP contribution < -0.4 is 0 Å². The van der Waals surface area contributed by atoms with E-state index in [1.807, 2.05) is 24.0 Å². The second-order valence-corrected chi connectivity index (χ2v) is 4.68. The quantitative estimate of drug-likeness (QED) is 0.793. The summed E-state index contributed by atoms with van der Waals surface area (Å²) in [6.45, 7) is 7.56. The lowest BCUT2D eigenvalue weighted by Crippen LogP contribution is -2.32. The van der Waals surface area contributed by atoms with E-state index in [4.69, 9.17) is 9.52 Å². The second kappa shape index (κ2) is 6.45. The number of furan rings is 1. The van der Waals surface area contributed by atoms with E-state index in [0.717, 1.165) is 24.5 Å². The Morgan fingerprint density at radius 3 is 2.53 bits per heavy atom. The predicted molar refractivity (Wildman–Crippen MR) is 65.8 cm³/mol. The fourth-order valence-electron chi connectivity index (χ4n) is 1.81. The predicted octanol–water partition coefficient (Wildman–Crippen LogP) is 2.38. The van der Waals surface area contributed by atoms with E-state index in [9.17, 15) is 4.79 Å². The van der Waals surface area contributed by atoms with Crippen LogP contribution in [0.2, 0.25) is 0 Å². The minimum absolute atomic E-state index is 0.0559. The zero-order valence-electron chi connectivity index (χ0n) is 10.8. The van der Waals surface area contributed by atoms with Gasteiger partial charge in [-0.3, -0.25) is 9.69 Å². The molecule has 0 radical (unpaired) electrons. The molecule has 0 aliphatic carbocycles. The minimum atomic E-state index is -0.798. The number of nitrogens with zero attached hydrogens (tertiary/aromatic N) is 1. The third kappa shape index (κ3) is 5.04. The molecule has 4 heteroatoms. The van der Waals surface area contributed by atoms with E-state index in [1.165, 1.54) is 0 Å². The van der Waals surface area contributed by atoms with E-state index in [0.29, 0.717) is 12.5 Å². The van der Waals surface area contributed by atoms with E-state index in [2.05, 4.69) is 13.8 Å². The summed E-state index contributed by atoms with van der Waals surface area (Å²) in [6.07, 6.45) is 0.864. The number of aryl methyl sites for hydroxylation is 1. The standard InChI is InChI=1S/C13H21NO3/c1-4-11-5-6-12(17-11)8-14(7-10(2)3)9-13(15)16/h5-6,10H,4,7-9H2,1-3H3,(H,15,16). The van der Waals surface area contributed by atoms with Crippen molar-refractivity contribution in [2.75, 3.05) is 13.1 Å². The van der Waals surface area contributed by atoms with Crippen molar-refractivity contribution in [1.82, 2.24) is 4.90 Å². The molecule has 1 rings (SSSR count). The Balaban J connectivity index is 2.60. The number of hydrogen-bond acceptors (Lipinski definition) is 3. The number of carboxylic acid groups (broad SMARTS) is 1. The second-order valence-electron chi connectivity index (χ2n) is 4.68. The molecular weight excluding hydrogens is 218 g/mol. The van der Waals surface area contributed by atoms with Gasteiger partial charge in [-0.1, -0.05) is 20.8 Å². The third-order valence-electron chi connectivity index (χ3n) is 2.43. The normalized spacial score (nSPS) is 11.4. The third-order valence-corrected chi connectivity index (χ3v) is 2.43. The molecule has 0 aromatic carbocycles. The number of rotatable bonds is 7. The fourth-order valence-corrected chi connectivity index (χ4v) is 1.81. The van der Waals surface area contributed by atoms with Crippen LogP contribution in [0.5, 0.6) is 0 Å². The highest BCUT2D eigenvalue weighted by molar-refractivity contribution is 5.69. The molecule has 0 aliphatic rings. The largest absolute Gasteiger partial charge is 0.480 e. The molecule has 1 N–H and O–H groups in total. The van der Waals surface area contributed by atoms with Gasteiger partial charge in [0, 0.05) is 13.0 Å². The summed E-state index contributed by atoms with van der Waals surface area (Å²) in [5.74, 6) is 1.42. The van der Waals surface area contributed by atoms with Gasteiger partial charge in [-0.15, -0.1) is 0 Å². The Labute approximate surface area is 102 Å². The first-order chi connectivity index (χ1) is 8.01. The number of aliphatic carboxylic acids is 1. The van der Waals surface area contributed by atoms with Gasteiger partial charge in [-0.05, 0) is 18.1 Å². The molecule has 4 nitrogen and oxygen atoms in total. The van der Waals surface area contributed by atoms with Gasteiger partial charge in [0.1, 0.15) is 11.5 Å². The molecule has 0 aliphatic heterocycles. The molecule has 0 bridgehead atoms. The van der Waals surface area contributed by atoms with Crippen LogP contribution in [0.3, 0.4) is 0 Å². The van der Waals surface area contributed by atoms with Crippen LogP contribution in [-0.2, 0) is 17.8 Å². The van der Waals surface area contributed by atoms with Crippen molar-refractivity contribution in [3.05, 3.63) is 23.7 Å². The van der Waals surface area contributed by atoms with Crippen molar-refractivity contribution in [3.8, 4) is 0 Å². The average Bonchev–Trinajstić information content (AvgIpc) is 2.63. The Morgan fingerprint density at radius 2 is 2.06 bits per heavy atom. The van der Waals surface area contributed by atoms with Crippen LogP contribution in [0.1, 0.15) is 32.3 Å². The highest BCUT2D eigenvalue weighted by Gasteiger charge is 2.13. The van der Waals surface area contributed by atoms with Gasteiger partial charge in [-0.2, -0.15) is 0 Å². The van der Waals surface area contributed by atoms with Crippen LogP contribution in [0.15, 0.2) is 16.5 Å². The summed E-state index contributed by atoms with van der Waals surface area (Å²) in [5.41, 5.74) is 0. The van der Waals surface area contributed by atoms with Crippen LogP contribution in [0, 0.1) is 5.92 Å². The zero-order chi connectivity index (χ0) is 12.8. The lowest BCUT2D eigenvalue weighted by molar-refractivity contribution is -0.138. The van der Waals surface area contributed by atoms with Crippen molar-refractivity contribution >= 4 is 5.97 Å². The summed E-state index contributed by atoms with van der Waals surface area (Å²) in [6, 6.07) is 3.87. The Kier molecular flexibility index (Phi) is 5.22. The maximum atomic E-state index is 10.8. The van der Waals surface area contributed by atoms with E-state index in [1.54, 1.807) is 0 Å². The topological polar surface area (TPSA) is 53.7 Å². The minimum Gasteiger partial charge on any atom is -0.480 e. The highest BCUT2D eigenvalue weighted by atomic mass is 16.4. The molecule has 0 spiro atoms. The number of carbonyl (C=O) groups is 1. The Hall–Kier alpha value is -1.29. The first kappa shape index (κ1) is 13.8. The van der Waals surface area contributed by atoms with E-state index >= 15 is 0 Å². The Morgan fingerprint density at radius 1 is 1.41 bits per heavy atom. The summed E-state index contributed by atoms with van der Waals surface area (Å²) in [4.78, 5) is 12.7. The zero-order valence-corrected chi connectivity index (χ0v) is 10.8. The van der Waals surface area contributed by atoms with Crippen LogP contribution in [0.25, 0.3) is 0 Å². The highest BCUT2D eigenvalue weighted by Crippen LogP contribution is 2.12. The molecule has 0 atom stereocenters. The molecule has 0 saturated heterocycles. The molecule has 17 heavy (non-hydrogen) atoms. The monoisotopic (exact) mass is 239 g/mol. The maximum absolute atomic E-state index is 10.8. The van der Waals surface area contributed by atoms with Crippen molar-refractivity contribution in [3.63, 3.8) is 0 Å². The average molecular weight is 239 g/mol. The number of hydrogen-bond donors (Lipinski definition) is 1. The van der Waals surface area contributed by atoms with Gasteiger partial charge in [0.15, 0.2) is 0 Å². The Bertz CT molecular complexity index is 357. The van der Waals surface area contributed by atoms with Gasteiger partial charge in [0.05, 0.1) is 13.1 Å². The number of carboxylic acids is 1. The van der Waals surface area contributed by atoms with Crippen molar-refractivity contribution < 1.29 is 14.3 Å². The molecule has 0 unspecified atom stereocenters. The summed E-state index contributed by atoms with van der Waals surface area (Å²) in [7, 11) is 0. The molecular formula is C13H21NO3. The molecule has 0 saturated carbocycles. The van der Waals surface area contributed by atoms with Crippen LogP contribution in [-0.4, -0.2) is 29.1 Å². The van der Waals surface area contributed by atoms with Crippen molar-refractivity contribution in [2.24, 2.45) is 5.92 Å². The van der Waals surface area contributed by atoms with E-state index < -0.39 is 5.97 Å². The molecule has 0 fully saturated rings. The summed E-state index contributed by atoms with van der Waals surface area (Å²) >= 11 is 0. The maximum Gasteiger partial charge on any atom is 0.317 e. The van der Waals surface area contributed by atoms with Gasteiger partial charge < -0.3 is 9.52 Å². The summed E-state index contributed by atoms with van der Waals surface area (Å²) in [5, 5.41) is 8.85. The van der Waals surface area contributed by atoms with Gasteiger partial charge in [0.2, 0.25) is 0 Å².